The van der Waals surface area contributed by atoms with Crippen molar-refractivity contribution in [2.45, 2.75) is 56.6 Å². The van der Waals surface area contributed by atoms with Crippen LogP contribution < -0.4 is 0 Å². The largest absolute Gasteiger partial charge is 0.383 e. The third-order valence-electron chi connectivity index (χ3n) is 4.85. The Bertz CT molecular complexity index is 972. The standard InChI is InChI=1S/C21H32N4O4S2/c1-6-24(7-2)31(27,28)19-12-8-11-18(14-19)20-22-23-21(25(20)16(3)15-29-5)30-13-9-10-17(4)26/h8,11-12,14,16H,6-7,9-10,13,15H2,1-5H3. The minimum absolute atomic E-state index is 0.0478. The molecule has 2 rings (SSSR count). The Labute approximate surface area is 189 Å². The summed E-state index contributed by atoms with van der Waals surface area (Å²) in [6.45, 7) is 8.52. The fourth-order valence-electron chi connectivity index (χ4n) is 3.28. The maximum Gasteiger partial charge on any atom is 0.243 e. The van der Waals surface area contributed by atoms with E-state index in [0.717, 1.165) is 17.3 Å². The quantitative estimate of drug-likeness (QED) is 0.327. The Kier molecular flexibility index (Phi) is 9.67. The predicted octanol–water partition coefficient (Wildman–Crippen LogP) is 3.64. The molecule has 1 unspecified atom stereocenters. The van der Waals surface area contributed by atoms with Crippen LogP contribution in [0, 0.1) is 0 Å². The van der Waals surface area contributed by atoms with Gasteiger partial charge in [0, 0.05) is 37.9 Å². The normalized spacial score (nSPS) is 13.0. The molecule has 8 nitrogen and oxygen atoms in total. The summed E-state index contributed by atoms with van der Waals surface area (Å²) < 4.78 is 34.7. The van der Waals surface area contributed by atoms with Crippen molar-refractivity contribution >= 4 is 27.6 Å². The Hall–Kier alpha value is -1.75. The van der Waals surface area contributed by atoms with Gasteiger partial charge in [0.25, 0.3) is 0 Å². The Balaban J connectivity index is 2.42. The number of sulfonamides is 1. The van der Waals surface area contributed by atoms with Crippen molar-refractivity contribution in [3.8, 4) is 11.4 Å². The van der Waals surface area contributed by atoms with Gasteiger partial charge in [-0.3, -0.25) is 4.57 Å². The number of hydrogen-bond acceptors (Lipinski definition) is 7. The summed E-state index contributed by atoms with van der Waals surface area (Å²) in [4.78, 5) is 11.4. The zero-order valence-corrected chi connectivity index (χ0v) is 20.5. The smallest absolute Gasteiger partial charge is 0.243 e. The van der Waals surface area contributed by atoms with Gasteiger partial charge in [0.1, 0.15) is 5.78 Å². The number of benzene rings is 1. The average Bonchev–Trinajstić information content (AvgIpc) is 3.16. The number of ketones is 1. The van der Waals surface area contributed by atoms with Gasteiger partial charge in [0.05, 0.1) is 17.5 Å². The summed E-state index contributed by atoms with van der Waals surface area (Å²) in [5, 5.41) is 9.44. The highest BCUT2D eigenvalue weighted by atomic mass is 32.2. The van der Waals surface area contributed by atoms with Crippen LogP contribution in [0.1, 0.15) is 46.6 Å². The van der Waals surface area contributed by atoms with E-state index >= 15 is 0 Å². The molecule has 2 aromatic rings. The third-order valence-corrected chi connectivity index (χ3v) is 7.93. The Morgan fingerprint density at radius 2 is 1.97 bits per heavy atom. The van der Waals surface area contributed by atoms with Gasteiger partial charge in [-0.05, 0) is 32.4 Å². The molecule has 0 aliphatic carbocycles. The molecule has 0 N–H and O–H groups in total. The number of rotatable bonds is 13. The van der Waals surface area contributed by atoms with Gasteiger partial charge in [-0.1, -0.05) is 37.7 Å². The lowest BCUT2D eigenvalue weighted by Gasteiger charge is -2.20. The lowest BCUT2D eigenvalue weighted by Crippen LogP contribution is -2.30. The first-order valence-electron chi connectivity index (χ1n) is 10.4. The van der Waals surface area contributed by atoms with Crippen molar-refractivity contribution in [2.75, 3.05) is 32.6 Å². The number of methoxy groups -OCH3 is 1. The van der Waals surface area contributed by atoms with Gasteiger partial charge in [0.15, 0.2) is 11.0 Å². The molecule has 31 heavy (non-hydrogen) atoms. The molecule has 1 aromatic heterocycles. The van der Waals surface area contributed by atoms with Crippen LogP contribution in [-0.2, 0) is 19.6 Å². The summed E-state index contributed by atoms with van der Waals surface area (Å²) in [6, 6.07) is 6.77. The van der Waals surface area contributed by atoms with E-state index in [-0.39, 0.29) is 16.7 Å². The highest BCUT2D eigenvalue weighted by Gasteiger charge is 2.24. The molecule has 0 aliphatic rings. The van der Waals surface area contributed by atoms with Crippen LogP contribution in [0.5, 0.6) is 0 Å². The number of carbonyl (C=O) groups is 1. The minimum Gasteiger partial charge on any atom is -0.383 e. The van der Waals surface area contributed by atoms with Crippen LogP contribution in [0.15, 0.2) is 34.3 Å². The fraction of sp³-hybridized carbons (Fsp3) is 0.571. The average molecular weight is 469 g/mol. The van der Waals surface area contributed by atoms with E-state index in [0.29, 0.717) is 37.5 Å². The number of Topliss-reactive ketones (excluding diaryl/α,β-unsaturated/α-hetero) is 1. The topological polar surface area (TPSA) is 94.4 Å². The molecule has 10 heteroatoms. The van der Waals surface area contributed by atoms with Gasteiger partial charge in [-0.15, -0.1) is 10.2 Å². The van der Waals surface area contributed by atoms with E-state index in [2.05, 4.69) is 10.2 Å². The van der Waals surface area contributed by atoms with Crippen molar-refractivity contribution in [3.63, 3.8) is 0 Å². The second-order valence-electron chi connectivity index (χ2n) is 7.25. The predicted molar refractivity (Wildman–Crippen MR) is 123 cm³/mol. The van der Waals surface area contributed by atoms with E-state index in [9.17, 15) is 13.2 Å². The minimum atomic E-state index is -3.58. The monoisotopic (exact) mass is 468 g/mol. The molecule has 1 aromatic carbocycles. The third kappa shape index (κ3) is 6.38. The number of thioether (sulfide) groups is 1. The van der Waals surface area contributed by atoms with Gasteiger partial charge >= 0.3 is 0 Å². The van der Waals surface area contributed by atoms with Crippen LogP contribution in [0.4, 0.5) is 0 Å². The molecular formula is C21H32N4O4S2. The molecule has 0 spiro atoms. The number of nitrogens with zero attached hydrogens (tertiary/aromatic N) is 4. The Morgan fingerprint density at radius 1 is 1.26 bits per heavy atom. The molecule has 172 valence electrons. The molecule has 0 amide bonds. The number of hydrogen-bond donors (Lipinski definition) is 0. The van der Waals surface area contributed by atoms with Crippen LogP contribution >= 0.6 is 11.8 Å². The Morgan fingerprint density at radius 3 is 2.58 bits per heavy atom. The SMILES string of the molecule is CCN(CC)S(=O)(=O)c1cccc(-c2nnc(SCCCC(C)=O)n2C(C)COC)c1. The summed E-state index contributed by atoms with van der Waals surface area (Å²) in [5.74, 6) is 1.50. The van der Waals surface area contributed by atoms with Gasteiger partial charge in [-0.25, -0.2) is 8.42 Å². The fourth-order valence-corrected chi connectivity index (χ4v) is 5.76. The second kappa shape index (κ2) is 11.8. The maximum absolute atomic E-state index is 13.0. The summed E-state index contributed by atoms with van der Waals surface area (Å²) in [5.41, 5.74) is 0.680. The molecule has 0 bridgehead atoms. The zero-order chi connectivity index (χ0) is 23.0. The molecule has 0 saturated heterocycles. The molecule has 0 radical (unpaired) electrons. The highest BCUT2D eigenvalue weighted by Crippen LogP contribution is 2.30. The van der Waals surface area contributed by atoms with Gasteiger partial charge in [0.2, 0.25) is 10.0 Å². The van der Waals surface area contributed by atoms with Crippen LogP contribution in [-0.4, -0.2) is 65.8 Å². The van der Waals surface area contributed by atoms with Crippen LogP contribution in [0.25, 0.3) is 11.4 Å². The van der Waals surface area contributed by atoms with Crippen molar-refractivity contribution in [1.82, 2.24) is 19.1 Å². The van der Waals surface area contributed by atoms with Crippen molar-refractivity contribution in [1.29, 1.82) is 0 Å². The molecule has 0 fully saturated rings. The van der Waals surface area contributed by atoms with Crippen molar-refractivity contribution in [2.24, 2.45) is 0 Å². The van der Waals surface area contributed by atoms with E-state index in [1.165, 1.54) is 16.1 Å². The van der Waals surface area contributed by atoms with E-state index in [4.69, 9.17) is 4.74 Å². The van der Waals surface area contributed by atoms with Gasteiger partial charge in [-0.2, -0.15) is 4.31 Å². The first-order chi connectivity index (χ1) is 14.8. The van der Waals surface area contributed by atoms with Crippen molar-refractivity contribution < 1.29 is 17.9 Å². The first kappa shape index (κ1) is 25.5. The van der Waals surface area contributed by atoms with E-state index in [1.807, 2.05) is 31.4 Å². The highest BCUT2D eigenvalue weighted by molar-refractivity contribution is 7.99. The number of carbonyl (C=O) groups excluding carboxylic acids is 1. The molecule has 0 saturated carbocycles. The summed E-state index contributed by atoms with van der Waals surface area (Å²) >= 11 is 1.54. The maximum atomic E-state index is 13.0. The molecule has 0 aliphatic heterocycles. The summed E-state index contributed by atoms with van der Waals surface area (Å²) in [6.07, 6.45) is 1.30. The van der Waals surface area contributed by atoms with Crippen molar-refractivity contribution in [3.05, 3.63) is 24.3 Å². The molecule has 1 heterocycles. The number of aromatic nitrogens is 3. The van der Waals surface area contributed by atoms with Crippen LogP contribution in [0.2, 0.25) is 0 Å². The van der Waals surface area contributed by atoms with E-state index in [1.54, 1.807) is 32.2 Å². The lowest BCUT2D eigenvalue weighted by atomic mass is 10.2. The van der Waals surface area contributed by atoms with Gasteiger partial charge < -0.3 is 9.53 Å². The van der Waals surface area contributed by atoms with E-state index < -0.39 is 10.0 Å². The lowest BCUT2D eigenvalue weighted by molar-refractivity contribution is -0.117. The molecule has 1 atom stereocenters. The van der Waals surface area contributed by atoms with Crippen LogP contribution in [0.3, 0.4) is 0 Å². The number of ether oxygens (including phenoxy) is 1. The zero-order valence-electron chi connectivity index (χ0n) is 18.9. The molecular weight excluding hydrogens is 436 g/mol. The second-order valence-corrected chi connectivity index (χ2v) is 10.3. The first-order valence-corrected chi connectivity index (χ1v) is 12.8. The summed E-state index contributed by atoms with van der Waals surface area (Å²) in [7, 11) is -1.94.